The van der Waals surface area contributed by atoms with E-state index in [0.29, 0.717) is 6.92 Å². The lowest BCUT2D eigenvalue weighted by atomic mass is 9.78. The predicted molar refractivity (Wildman–Crippen MR) is 76.7 cm³/mol. The summed E-state index contributed by atoms with van der Waals surface area (Å²) in [7, 11) is 0. The molecule has 24 heavy (non-hydrogen) atoms. The summed E-state index contributed by atoms with van der Waals surface area (Å²) in [5.41, 5.74) is 1.85. The van der Waals surface area contributed by atoms with Gasteiger partial charge in [-0.25, -0.2) is 8.78 Å². The van der Waals surface area contributed by atoms with Gasteiger partial charge < -0.3 is 10.8 Å². The summed E-state index contributed by atoms with van der Waals surface area (Å²) >= 11 is 0. The minimum absolute atomic E-state index is 0.00746. The minimum Gasteiger partial charge on any atom is -0.376 e. The number of carbonyl (C=O) groups is 1. The molecule has 134 valence electrons. The van der Waals surface area contributed by atoms with Crippen LogP contribution in [0, 0.1) is 0 Å². The molecular formula is C16H18F5NO2. The maximum absolute atomic E-state index is 13.3. The lowest BCUT2D eigenvalue weighted by Gasteiger charge is -2.31. The van der Waals surface area contributed by atoms with Crippen LogP contribution in [0.1, 0.15) is 60.0 Å². The van der Waals surface area contributed by atoms with Crippen LogP contribution in [0.15, 0.2) is 18.2 Å². The molecule has 3 nitrogen and oxygen atoms in total. The second-order valence-corrected chi connectivity index (χ2v) is 6.37. The van der Waals surface area contributed by atoms with E-state index in [0.717, 1.165) is 18.2 Å². The Hall–Kier alpha value is -1.70. The smallest absolute Gasteiger partial charge is 0.376 e. The van der Waals surface area contributed by atoms with E-state index in [1.165, 1.54) is 0 Å². The average Bonchev–Trinajstić information content (AvgIpc) is 2.45. The zero-order valence-corrected chi connectivity index (χ0v) is 13.0. The number of halogens is 5. The molecule has 1 aliphatic rings. The maximum atomic E-state index is 13.3. The van der Waals surface area contributed by atoms with Gasteiger partial charge in [0.15, 0.2) is 5.60 Å². The van der Waals surface area contributed by atoms with Gasteiger partial charge in [0.2, 0.25) is 11.8 Å². The molecule has 1 aliphatic carbocycles. The van der Waals surface area contributed by atoms with E-state index in [1.807, 2.05) is 0 Å². The predicted octanol–water partition coefficient (Wildman–Crippen LogP) is 3.85. The third-order valence-corrected chi connectivity index (χ3v) is 4.59. The van der Waals surface area contributed by atoms with Crippen molar-refractivity contribution in [3.63, 3.8) is 0 Å². The Kier molecular flexibility index (Phi) is 4.65. The number of benzene rings is 1. The van der Waals surface area contributed by atoms with Crippen LogP contribution >= 0.6 is 0 Å². The molecule has 0 bridgehead atoms. The molecule has 1 saturated carbocycles. The molecule has 1 unspecified atom stereocenters. The van der Waals surface area contributed by atoms with Gasteiger partial charge in [-0.15, -0.1) is 0 Å². The molecule has 3 N–H and O–H groups in total. The standard InChI is InChI=1S/C16H18F5NO2/c1-14(24,16(19,20)21)10-2-3-11(13(22)23)12(8-10)9-4-6-15(17,18)7-5-9/h2-3,8-9,24H,4-7H2,1H3,(H2,22,23). The molecule has 0 saturated heterocycles. The lowest BCUT2D eigenvalue weighted by molar-refractivity contribution is -0.258. The van der Waals surface area contributed by atoms with Gasteiger partial charge in [0.1, 0.15) is 0 Å². The van der Waals surface area contributed by atoms with Gasteiger partial charge in [0.05, 0.1) is 0 Å². The van der Waals surface area contributed by atoms with Crippen molar-refractivity contribution in [2.24, 2.45) is 5.73 Å². The topological polar surface area (TPSA) is 63.3 Å². The van der Waals surface area contributed by atoms with Crippen LogP contribution in [-0.4, -0.2) is 23.1 Å². The van der Waals surface area contributed by atoms with Gasteiger partial charge in [-0.1, -0.05) is 12.1 Å². The fourth-order valence-corrected chi connectivity index (χ4v) is 2.94. The highest BCUT2D eigenvalue weighted by molar-refractivity contribution is 5.94. The van der Waals surface area contributed by atoms with Gasteiger partial charge in [-0.05, 0) is 42.9 Å². The van der Waals surface area contributed by atoms with Crippen LogP contribution in [0.3, 0.4) is 0 Å². The highest BCUT2D eigenvalue weighted by Crippen LogP contribution is 2.44. The number of rotatable bonds is 3. The van der Waals surface area contributed by atoms with E-state index in [2.05, 4.69) is 0 Å². The summed E-state index contributed by atoms with van der Waals surface area (Å²) in [5, 5.41) is 9.80. The molecular weight excluding hydrogens is 333 g/mol. The fourth-order valence-electron chi connectivity index (χ4n) is 2.94. The van der Waals surface area contributed by atoms with E-state index in [1.54, 1.807) is 0 Å². The number of carbonyl (C=O) groups excluding carboxylic acids is 1. The second kappa shape index (κ2) is 5.98. The Bertz CT molecular complexity index is 630. The van der Waals surface area contributed by atoms with Crippen LogP contribution in [0.25, 0.3) is 0 Å². The Morgan fingerprint density at radius 1 is 1.25 bits per heavy atom. The minimum atomic E-state index is -4.92. The monoisotopic (exact) mass is 351 g/mol. The largest absolute Gasteiger partial charge is 0.421 e. The number of aliphatic hydroxyl groups is 1. The quantitative estimate of drug-likeness (QED) is 0.813. The Morgan fingerprint density at radius 2 is 1.79 bits per heavy atom. The van der Waals surface area contributed by atoms with Crippen molar-refractivity contribution in [2.45, 2.75) is 56.2 Å². The number of alkyl halides is 5. The molecule has 0 aromatic heterocycles. The zero-order chi connectivity index (χ0) is 18.3. The van der Waals surface area contributed by atoms with E-state index < -0.39 is 47.9 Å². The van der Waals surface area contributed by atoms with Crippen molar-refractivity contribution < 1.29 is 31.9 Å². The van der Waals surface area contributed by atoms with Gasteiger partial charge >= 0.3 is 6.18 Å². The first-order valence-corrected chi connectivity index (χ1v) is 7.46. The zero-order valence-electron chi connectivity index (χ0n) is 13.0. The van der Waals surface area contributed by atoms with Gasteiger partial charge in [0, 0.05) is 18.4 Å². The lowest BCUT2D eigenvalue weighted by Crippen LogP contribution is -2.39. The van der Waals surface area contributed by atoms with Crippen molar-refractivity contribution in [3.8, 4) is 0 Å². The van der Waals surface area contributed by atoms with Crippen LogP contribution in [0.5, 0.6) is 0 Å². The third kappa shape index (κ3) is 3.53. The van der Waals surface area contributed by atoms with Gasteiger partial charge in [-0.2, -0.15) is 13.2 Å². The Labute approximate surface area is 135 Å². The summed E-state index contributed by atoms with van der Waals surface area (Å²) in [6, 6.07) is 3.15. The Balaban J connectivity index is 2.45. The van der Waals surface area contributed by atoms with Crippen LogP contribution in [0.2, 0.25) is 0 Å². The van der Waals surface area contributed by atoms with E-state index in [4.69, 9.17) is 5.73 Å². The van der Waals surface area contributed by atoms with Crippen LogP contribution < -0.4 is 5.73 Å². The summed E-state index contributed by atoms with van der Waals surface area (Å²) in [4.78, 5) is 11.5. The first-order valence-electron chi connectivity index (χ1n) is 7.46. The van der Waals surface area contributed by atoms with Crippen molar-refractivity contribution >= 4 is 5.91 Å². The molecule has 0 spiro atoms. The number of nitrogens with two attached hydrogens (primary N) is 1. The van der Waals surface area contributed by atoms with Crippen molar-refractivity contribution in [1.82, 2.24) is 0 Å². The summed E-state index contributed by atoms with van der Waals surface area (Å²) < 4.78 is 65.6. The normalized spacial score (nSPS) is 21.3. The number of hydrogen-bond acceptors (Lipinski definition) is 2. The molecule has 1 amide bonds. The first kappa shape index (κ1) is 18.6. The molecule has 1 fully saturated rings. The molecule has 8 heteroatoms. The molecule has 0 aliphatic heterocycles. The average molecular weight is 351 g/mol. The highest BCUT2D eigenvalue weighted by Gasteiger charge is 2.51. The molecule has 1 atom stereocenters. The van der Waals surface area contributed by atoms with Crippen LogP contribution in [-0.2, 0) is 5.60 Å². The molecule has 0 radical (unpaired) electrons. The third-order valence-electron chi connectivity index (χ3n) is 4.59. The molecule has 0 heterocycles. The first-order chi connectivity index (χ1) is 10.8. The summed E-state index contributed by atoms with van der Waals surface area (Å²) in [6.45, 7) is 0.602. The summed E-state index contributed by atoms with van der Waals surface area (Å²) in [5.74, 6) is -4.16. The fraction of sp³-hybridized carbons (Fsp3) is 0.562. The number of hydrogen-bond donors (Lipinski definition) is 2. The number of amides is 1. The van der Waals surface area contributed by atoms with Crippen LogP contribution in [0.4, 0.5) is 22.0 Å². The summed E-state index contributed by atoms with van der Waals surface area (Å²) in [6.07, 6.45) is -5.67. The maximum Gasteiger partial charge on any atom is 0.421 e. The SMILES string of the molecule is CC(O)(c1ccc(C(N)=O)c(C2CCC(F)(F)CC2)c1)C(F)(F)F. The van der Waals surface area contributed by atoms with Crippen molar-refractivity contribution in [2.75, 3.05) is 0 Å². The highest BCUT2D eigenvalue weighted by atomic mass is 19.4. The number of primary amides is 1. The second-order valence-electron chi connectivity index (χ2n) is 6.37. The molecule has 2 rings (SSSR count). The van der Waals surface area contributed by atoms with Gasteiger partial charge in [0.25, 0.3) is 0 Å². The molecule has 1 aromatic rings. The molecule has 1 aromatic carbocycles. The van der Waals surface area contributed by atoms with E-state index in [9.17, 15) is 31.9 Å². The van der Waals surface area contributed by atoms with Crippen molar-refractivity contribution in [1.29, 1.82) is 0 Å². The van der Waals surface area contributed by atoms with E-state index >= 15 is 0 Å². The van der Waals surface area contributed by atoms with Crippen molar-refractivity contribution in [3.05, 3.63) is 34.9 Å². The van der Waals surface area contributed by atoms with E-state index in [-0.39, 0.29) is 24.0 Å². The Morgan fingerprint density at radius 3 is 2.25 bits per heavy atom. The van der Waals surface area contributed by atoms with Gasteiger partial charge in [-0.3, -0.25) is 4.79 Å².